The van der Waals surface area contributed by atoms with E-state index in [0.29, 0.717) is 50.5 Å². The van der Waals surface area contributed by atoms with Crippen LogP contribution in [0.25, 0.3) is 11.1 Å². The summed E-state index contributed by atoms with van der Waals surface area (Å²) in [6.07, 6.45) is 9.76. The van der Waals surface area contributed by atoms with Crippen molar-refractivity contribution in [1.29, 1.82) is 0 Å². The van der Waals surface area contributed by atoms with Crippen molar-refractivity contribution in [3.8, 4) is 16.9 Å². The molecule has 0 saturated heterocycles. The minimum absolute atomic E-state index is 0.0194. The summed E-state index contributed by atoms with van der Waals surface area (Å²) in [5.74, 6) is 3.14. The molecule has 7 nitrogen and oxygen atoms in total. The summed E-state index contributed by atoms with van der Waals surface area (Å²) in [5, 5.41) is 4.45. The average Bonchev–Trinajstić information content (AvgIpc) is 3.49. The van der Waals surface area contributed by atoms with Crippen LogP contribution in [0.2, 0.25) is 0 Å². The SMILES string of the molecule is CCOc1ccc(-c2ccnc(N(CC34CCC(c5noc(C(C)(C)C)n5)(CC3)CC4)C(=O)CC34CC(F)(C3)C4)c2)cc1. The number of amides is 1. The molecule has 1 amide bonds. The summed E-state index contributed by atoms with van der Waals surface area (Å²) in [7, 11) is 0. The first-order valence-corrected chi connectivity index (χ1v) is 16.0. The molecular formula is C35H43FN4O3. The topological polar surface area (TPSA) is 81.3 Å². The smallest absolute Gasteiger partial charge is 0.232 e. The van der Waals surface area contributed by atoms with Gasteiger partial charge in [-0.15, -0.1) is 0 Å². The number of carbonyl (C=O) groups excluding carboxylic acids is 1. The standard InChI is InChI=1S/C35H43FN4O3/c1-5-42-26-8-6-24(7-9-26)25-10-17-37-27(18-25)40(28(41)19-33-20-35(36,21-33)22-33)23-32-11-14-34(15-12-32,16-13-32)29-38-30(43-39-29)31(2,3)4/h6-10,17-18H,5,11-16,19-23H2,1-4H3. The van der Waals surface area contributed by atoms with Crippen molar-refractivity contribution in [1.82, 2.24) is 15.1 Å². The quantitative estimate of drug-likeness (QED) is 0.255. The largest absolute Gasteiger partial charge is 0.494 e. The minimum atomic E-state index is -1.02. The molecule has 8 heteroatoms. The fourth-order valence-electron chi connectivity index (χ4n) is 8.33. The summed E-state index contributed by atoms with van der Waals surface area (Å²) in [4.78, 5) is 25.6. The van der Waals surface area contributed by atoms with Crippen LogP contribution < -0.4 is 9.64 Å². The first kappa shape index (κ1) is 28.5. The number of ether oxygens (including phenoxy) is 1. The number of pyridine rings is 1. The van der Waals surface area contributed by atoms with E-state index in [1.165, 1.54) is 0 Å². The fraction of sp³-hybridized carbons (Fsp3) is 0.600. The molecule has 3 aromatic rings. The van der Waals surface area contributed by atoms with Crippen LogP contribution in [0, 0.1) is 10.8 Å². The number of nitrogens with zero attached hydrogens (tertiary/aromatic N) is 4. The van der Waals surface area contributed by atoms with Gasteiger partial charge < -0.3 is 9.26 Å². The third-order valence-corrected chi connectivity index (χ3v) is 10.9. The summed E-state index contributed by atoms with van der Waals surface area (Å²) < 4.78 is 25.7. The first-order chi connectivity index (χ1) is 20.4. The van der Waals surface area contributed by atoms with Crippen LogP contribution in [0.1, 0.15) is 104 Å². The van der Waals surface area contributed by atoms with Crippen molar-refractivity contribution in [3.05, 3.63) is 54.3 Å². The van der Waals surface area contributed by atoms with Gasteiger partial charge in [-0.3, -0.25) is 9.69 Å². The van der Waals surface area contributed by atoms with Crippen LogP contribution >= 0.6 is 0 Å². The Balaban J connectivity index is 1.13. The molecule has 2 aromatic heterocycles. The van der Waals surface area contributed by atoms with E-state index in [4.69, 9.17) is 19.2 Å². The molecule has 0 aliphatic heterocycles. The molecule has 0 unspecified atom stereocenters. The van der Waals surface area contributed by atoms with Crippen LogP contribution in [0.15, 0.2) is 47.1 Å². The Morgan fingerprint density at radius 1 is 0.977 bits per heavy atom. The van der Waals surface area contributed by atoms with E-state index in [9.17, 15) is 9.18 Å². The van der Waals surface area contributed by atoms with Crippen LogP contribution in [-0.4, -0.2) is 39.9 Å². The molecule has 43 heavy (non-hydrogen) atoms. The van der Waals surface area contributed by atoms with E-state index in [0.717, 1.165) is 61.2 Å². The van der Waals surface area contributed by atoms with Gasteiger partial charge in [0.25, 0.3) is 0 Å². The van der Waals surface area contributed by atoms with E-state index < -0.39 is 5.67 Å². The van der Waals surface area contributed by atoms with Gasteiger partial charge >= 0.3 is 0 Å². The highest BCUT2D eigenvalue weighted by Crippen LogP contribution is 2.71. The zero-order valence-electron chi connectivity index (χ0n) is 25.9. The molecule has 6 fully saturated rings. The maximum absolute atomic E-state index is 14.4. The third-order valence-electron chi connectivity index (χ3n) is 10.9. The summed E-state index contributed by atoms with van der Waals surface area (Å²) in [6, 6.07) is 12.1. The van der Waals surface area contributed by atoms with Crippen molar-refractivity contribution in [2.24, 2.45) is 10.8 Å². The molecule has 1 aromatic carbocycles. The Bertz CT molecular complexity index is 1480. The predicted molar refractivity (Wildman–Crippen MR) is 163 cm³/mol. The normalized spacial score (nSPS) is 30.8. The van der Waals surface area contributed by atoms with Crippen LogP contribution in [-0.2, 0) is 15.6 Å². The van der Waals surface area contributed by atoms with Gasteiger partial charge in [-0.05, 0) is 111 Å². The Kier molecular flexibility index (Phi) is 6.53. The van der Waals surface area contributed by atoms with Crippen LogP contribution in [0.3, 0.4) is 0 Å². The molecule has 6 saturated carbocycles. The number of anilines is 1. The van der Waals surface area contributed by atoms with Crippen molar-refractivity contribution >= 4 is 11.7 Å². The average molecular weight is 587 g/mol. The molecule has 0 radical (unpaired) electrons. The lowest BCUT2D eigenvalue weighted by atomic mass is 9.41. The molecule has 4 bridgehead atoms. The minimum Gasteiger partial charge on any atom is -0.494 e. The van der Waals surface area contributed by atoms with Gasteiger partial charge in [0.05, 0.1) is 6.61 Å². The van der Waals surface area contributed by atoms with Gasteiger partial charge in [-0.1, -0.05) is 38.1 Å². The zero-order valence-corrected chi connectivity index (χ0v) is 25.9. The van der Waals surface area contributed by atoms with Gasteiger partial charge in [0.1, 0.15) is 17.2 Å². The molecule has 6 aliphatic rings. The van der Waals surface area contributed by atoms with Crippen molar-refractivity contribution < 1.29 is 18.4 Å². The number of aromatic nitrogens is 3. The Labute approximate surface area is 253 Å². The number of alkyl halides is 1. The number of benzene rings is 1. The van der Waals surface area contributed by atoms with E-state index in [1.54, 1.807) is 6.20 Å². The van der Waals surface area contributed by atoms with Gasteiger partial charge in [-0.2, -0.15) is 4.98 Å². The number of hydrogen-bond acceptors (Lipinski definition) is 6. The van der Waals surface area contributed by atoms with Gasteiger partial charge in [0, 0.05) is 30.0 Å². The van der Waals surface area contributed by atoms with E-state index in [2.05, 4.69) is 25.9 Å². The highest BCUT2D eigenvalue weighted by molar-refractivity contribution is 5.94. The maximum Gasteiger partial charge on any atom is 0.232 e. The Morgan fingerprint density at radius 2 is 1.65 bits per heavy atom. The fourth-order valence-corrected chi connectivity index (χ4v) is 8.33. The van der Waals surface area contributed by atoms with Gasteiger partial charge in [0.15, 0.2) is 5.82 Å². The second kappa shape index (κ2) is 9.86. The summed E-state index contributed by atoms with van der Waals surface area (Å²) in [5.41, 5.74) is 0.674. The lowest BCUT2D eigenvalue weighted by Crippen LogP contribution is -2.65. The molecule has 0 spiro atoms. The molecule has 228 valence electrons. The number of halogens is 1. The monoisotopic (exact) mass is 586 g/mol. The van der Waals surface area contributed by atoms with E-state index in [1.807, 2.05) is 48.2 Å². The predicted octanol–water partition coefficient (Wildman–Crippen LogP) is 7.74. The van der Waals surface area contributed by atoms with Gasteiger partial charge in [0.2, 0.25) is 11.8 Å². The lowest BCUT2D eigenvalue weighted by Gasteiger charge is -2.66. The summed E-state index contributed by atoms with van der Waals surface area (Å²) >= 11 is 0. The van der Waals surface area contributed by atoms with Crippen molar-refractivity contribution in [3.63, 3.8) is 0 Å². The Hall–Kier alpha value is -3.29. The molecule has 6 aliphatic carbocycles. The molecular weight excluding hydrogens is 543 g/mol. The van der Waals surface area contributed by atoms with Crippen LogP contribution in [0.4, 0.5) is 10.2 Å². The van der Waals surface area contributed by atoms with E-state index in [-0.39, 0.29) is 27.6 Å². The molecule has 2 heterocycles. The number of hydrogen-bond donors (Lipinski definition) is 0. The third kappa shape index (κ3) is 5.04. The van der Waals surface area contributed by atoms with Gasteiger partial charge in [-0.25, -0.2) is 9.37 Å². The Morgan fingerprint density at radius 3 is 2.23 bits per heavy atom. The number of fused-ring (bicyclic) bond motifs is 3. The lowest BCUT2D eigenvalue weighted by molar-refractivity contribution is -0.215. The van der Waals surface area contributed by atoms with E-state index >= 15 is 0 Å². The number of rotatable bonds is 9. The summed E-state index contributed by atoms with van der Waals surface area (Å²) in [6.45, 7) is 9.52. The second-order valence-electron chi connectivity index (χ2n) is 15.2. The van der Waals surface area contributed by atoms with Crippen LogP contribution in [0.5, 0.6) is 5.75 Å². The zero-order chi connectivity index (χ0) is 30.1. The second-order valence-corrected chi connectivity index (χ2v) is 15.2. The molecule has 0 atom stereocenters. The first-order valence-electron chi connectivity index (χ1n) is 16.0. The molecule has 9 rings (SSSR count). The highest BCUT2D eigenvalue weighted by atomic mass is 19.1. The molecule has 0 N–H and O–H groups in total. The van der Waals surface area contributed by atoms with Crippen molar-refractivity contribution in [2.45, 2.75) is 108 Å². The number of carbonyl (C=O) groups is 1. The van der Waals surface area contributed by atoms with Crippen molar-refractivity contribution in [2.75, 3.05) is 18.1 Å². The highest BCUT2D eigenvalue weighted by Gasteiger charge is 2.69. The maximum atomic E-state index is 14.4.